The third-order valence-electron chi connectivity index (χ3n) is 4.19. The maximum absolute atomic E-state index is 12.2. The molecule has 4 N–H and O–H groups in total. The van der Waals surface area contributed by atoms with Crippen LogP contribution in [0.4, 0.5) is 10.9 Å². The van der Waals surface area contributed by atoms with Gasteiger partial charge in [-0.3, -0.25) is 4.79 Å². The van der Waals surface area contributed by atoms with E-state index in [1.807, 2.05) is 0 Å². The Balaban J connectivity index is 1.57. The van der Waals surface area contributed by atoms with Gasteiger partial charge in [-0.05, 0) is 38.0 Å². The zero-order valence-corrected chi connectivity index (χ0v) is 12.6. The fourth-order valence-corrected chi connectivity index (χ4v) is 3.50. The van der Waals surface area contributed by atoms with Crippen LogP contribution in [0.1, 0.15) is 55.1 Å². The maximum Gasteiger partial charge on any atom is 0.265 e. The van der Waals surface area contributed by atoms with E-state index in [9.17, 15) is 4.79 Å². The van der Waals surface area contributed by atoms with Crippen molar-refractivity contribution in [2.45, 2.75) is 57.5 Å². The molecule has 6 heteroatoms. The highest BCUT2D eigenvalue weighted by Crippen LogP contribution is 2.35. The number of carbonyl (C=O) groups is 1. The van der Waals surface area contributed by atoms with Crippen LogP contribution in [0.25, 0.3) is 0 Å². The molecular weight excluding hydrogens is 272 g/mol. The molecule has 0 spiro atoms. The molecule has 1 amide bonds. The summed E-state index contributed by atoms with van der Waals surface area (Å²) in [6, 6.07) is 0.848. The number of aromatic nitrogens is 1. The smallest absolute Gasteiger partial charge is 0.265 e. The molecule has 0 aromatic carbocycles. The van der Waals surface area contributed by atoms with Crippen LogP contribution in [0, 0.1) is 5.92 Å². The second-order valence-electron chi connectivity index (χ2n) is 5.87. The predicted octanol–water partition coefficient (Wildman–Crippen LogP) is 2.61. The molecule has 1 aromatic heterocycles. The van der Waals surface area contributed by atoms with Gasteiger partial charge in [0, 0.05) is 12.1 Å². The topological polar surface area (TPSA) is 80.0 Å². The summed E-state index contributed by atoms with van der Waals surface area (Å²) in [5.41, 5.74) is 5.87. The minimum absolute atomic E-state index is 0.0646. The number of thiazole rings is 1. The van der Waals surface area contributed by atoms with Gasteiger partial charge in [0.05, 0.1) is 0 Å². The van der Waals surface area contributed by atoms with Crippen molar-refractivity contribution in [2.75, 3.05) is 11.1 Å². The van der Waals surface area contributed by atoms with Gasteiger partial charge in [-0.2, -0.15) is 0 Å². The minimum atomic E-state index is -0.0646. The molecule has 2 aliphatic carbocycles. The van der Waals surface area contributed by atoms with Gasteiger partial charge < -0.3 is 16.4 Å². The van der Waals surface area contributed by atoms with Crippen molar-refractivity contribution in [3.8, 4) is 0 Å². The van der Waals surface area contributed by atoms with Crippen LogP contribution in [-0.2, 0) is 0 Å². The first-order valence-electron chi connectivity index (χ1n) is 7.51. The van der Waals surface area contributed by atoms with Crippen molar-refractivity contribution in [3.63, 3.8) is 0 Å². The Morgan fingerprint density at radius 1 is 1.50 bits per heavy atom. The van der Waals surface area contributed by atoms with Gasteiger partial charge in [0.1, 0.15) is 10.7 Å². The summed E-state index contributed by atoms with van der Waals surface area (Å²) in [5, 5.41) is 7.18. The van der Waals surface area contributed by atoms with E-state index in [0.29, 0.717) is 28.7 Å². The summed E-state index contributed by atoms with van der Waals surface area (Å²) in [7, 11) is 0. The molecule has 1 aromatic rings. The van der Waals surface area contributed by atoms with E-state index in [1.165, 1.54) is 43.4 Å². The summed E-state index contributed by atoms with van der Waals surface area (Å²) < 4.78 is 0. The zero-order valence-electron chi connectivity index (χ0n) is 11.8. The number of nitrogens with one attached hydrogen (secondary N) is 2. The van der Waals surface area contributed by atoms with E-state index in [1.54, 1.807) is 0 Å². The molecule has 2 aliphatic rings. The number of nitrogen functional groups attached to an aromatic ring is 1. The summed E-state index contributed by atoms with van der Waals surface area (Å²) in [6.45, 7) is 2.18. The van der Waals surface area contributed by atoms with E-state index in [4.69, 9.17) is 5.73 Å². The maximum atomic E-state index is 12.2. The number of carbonyl (C=O) groups excluding carboxylic acids is 1. The van der Waals surface area contributed by atoms with Gasteiger partial charge in [-0.1, -0.05) is 24.7 Å². The van der Waals surface area contributed by atoms with E-state index in [0.717, 1.165) is 11.6 Å². The first kappa shape index (κ1) is 13.7. The van der Waals surface area contributed by atoms with Crippen LogP contribution in [0.15, 0.2) is 0 Å². The quantitative estimate of drug-likeness (QED) is 0.753. The molecule has 1 heterocycles. The SMILES string of the molecule is CCCC1CC1NC(=O)c1sc(NC2CCC2)nc1N. The molecule has 3 rings (SSSR count). The third kappa shape index (κ3) is 2.90. The van der Waals surface area contributed by atoms with Crippen LogP contribution in [0.3, 0.4) is 0 Å². The van der Waals surface area contributed by atoms with E-state index in [-0.39, 0.29) is 5.91 Å². The van der Waals surface area contributed by atoms with Crippen LogP contribution in [0.5, 0.6) is 0 Å². The van der Waals surface area contributed by atoms with Gasteiger partial charge in [-0.25, -0.2) is 4.98 Å². The molecule has 2 unspecified atom stereocenters. The summed E-state index contributed by atoms with van der Waals surface area (Å²) in [6.07, 6.45) is 7.11. The molecule has 110 valence electrons. The minimum Gasteiger partial charge on any atom is -0.382 e. The number of hydrogen-bond donors (Lipinski definition) is 3. The third-order valence-corrected chi connectivity index (χ3v) is 5.19. The normalized spacial score (nSPS) is 25.1. The molecule has 0 radical (unpaired) electrons. The highest BCUT2D eigenvalue weighted by Gasteiger charge is 2.38. The molecule has 2 fully saturated rings. The number of hydrogen-bond acceptors (Lipinski definition) is 5. The monoisotopic (exact) mass is 294 g/mol. The number of nitrogens with zero attached hydrogens (tertiary/aromatic N) is 1. The number of nitrogens with two attached hydrogens (primary N) is 1. The molecule has 0 saturated heterocycles. The van der Waals surface area contributed by atoms with Gasteiger partial charge in [0.2, 0.25) is 0 Å². The molecule has 2 saturated carbocycles. The Morgan fingerprint density at radius 2 is 2.30 bits per heavy atom. The molecule has 5 nitrogen and oxygen atoms in total. The Labute approximate surface area is 123 Å². The Kier molecular flexibility index (Phi) is 3.83. The molecule has 0 aliphatic heterocycles. The Morgan fingerprint density at radius 3 is 2.95 bits per heavy atom. The number of anilines is 2. The predicted molar refractivity (Wildman–Crippen MR) is 82.1 cm³/mol. The van der Waals surface area contributed by atoms with Crippen molar-refractivity contribution in [1.82, 2.24) is 10.3 Å². The van der Waals surface area contributed by atoms with Crippen molar-refractivity contribution >= 4 is 28.2 Å². The fraction of sp³-hybridized carbons (Fsp3) is 0.714. The summed E-state index contributed by atoms with van der Waals surface area (Å²) in [5.74, 6) is 0.943. The van der Waals surface area contributed by atoms with Gasteiger partial charge >= 0.3 is 0 Å². The Hall–Kier alpha value is -1.30. The number of amides is 1. The lowest BCUT2D eigenvalue weighted by atomic mass is 9.93. The lowest BCUT2D eigenvalue weighted by molar-refractivity contribution is 0.0953. The van der Waals surface area contributed by atoms with Crippen molar-refractivity contribution in [2.24, 2.45) is 5.92 Å². The molecule has 0 bridgehead atoms. The summed E-state index contributed by atoms with van der Waals surface area (Å²) >= 11 is 1.37. The average molecular weight is 294 g/mol. The van der Waals surface area contributed by atoms with E-state index >= 15 is 0 Å². The largest absolute Gasteiger partial charge is 0.382 e. The second kappa shape index (κ2) is 5.60. The average Bonchev–Trinajstić information content (AvgIpc) is 2.96. The standard InChI is InChI=1S/C14H22N4OS/c1-2-4-8-7-10(8)17-13(19)11-12(15)18-14(20-11)16-9-5-3-6-9/h8-10H,2-7,15H2,1H3,(H,16,18)(H,17,19). The number of rotatable bonds is 6. The first-order chi connectivity index (χ1) is 9.67. The van der Waals surface area contributed by atoms with E-state index in [2.05, 4.69) is 22.5 Å². The first-order valence-corrected chi connectivity index (χ1v) is 8.32. The highest BCUT2D eigenvalue weighted by atomic mass is 32.1. The van der Waals surface area contributed by atoms with Crippen LogP contribution < -0.4 is 16.4 Å². The van der Waals surface area contributed by atoms with Gasteiger partial charge in [0.15, 0.2) is 5.13 Å². The fourth-order valence-electron chi connectivity index (χ4n) is 2.63. The van der Waals surface area contributed by atoms with E-state index < -0.39 is 0 Å². The Bertz CT molecular complexity index is 497. The van der Waals surface area contributed by atoms with Crippen LogP contribution >= 0.6 is 11.3 Å². The van der Waals surface area contributed by atoms with Crippen molar-refractivity contribution in [1.29, 1.82) is 0 Å². The van der Waals surface area contributed by atoms with Gasteiger partial charge in [0.25, 0.3) is 5.91 Å². The molecule has 2 atom stereocenters. The van der Waals surface area contributed by atoms with Gasteiger partial charge in [-0.15, -0.1) is 0 Å². The summed E-state index contributed by atoms with van der Waals surface area (Å²) in [4.78, 5) is 17.0. The second-order valence-corrected chi connectivity index (χ2v) is 6.87. The van der Waals surface area contributed by atoms with Crippen LogP contribution in [-0.4, -0.2) is 23.0 Å². The van der Waals surface area contributed by atoms with Crippen molar-refractivity contribution < 1.29 is 4.79 Å². The molecular formula is C14H22N4OS. The lowest BCUT2D eigenvalue weighted by Gasteiger charge is -2.25. The zero-order chi connectivity index (χ0) is 14.1. The molecule has 20 heavy (non-hydrogen) atoms. The highest BCUT2D eigenvalue weighted by molar-refractivity contribution is 7.18. The van der Waals surface area contributed by atoms with Crippen molar-refractivity contribution in [3.05, 3.63) is 4.88 Å². The lowest BCUT2D eigenvalue weighted by Crippen LogP contribution is -2.27. The van der Waals surface area contributed by atoms with Crippen LogP contribution in [0.2, 0.25) is 0 Å².